The molecule has 2 fully saturated rings. The minimum atomic E-state index is -3.45. The average molecular weight is 423 g/mol. The number of benzene rings is 1. The van der Waals surface area contributed by atoms with E-state index in [1.807, 2.05) is 0 Å². The van der Waals surface area contributed by atoms with Gasteiger partial charge in [0, 0.05) is 49.6 Å². The van der Waals surface area contributed by atoms with E-state index >= 15 is 0 Å². The average Bonchev–Trinajstić information content (AvgIpc) is 3.20. The van der Waals surface area contributed by atoms with Crippen molar-refractivity contribution in [3.05, 3.63) is 46.2 Å². The molecule has 2 aromatic rings. The van der Waals surface area contributed by atoms with Gasteiger partial charge in [-0.1, -0.05) is 12.1 Å². The predicted molar refractivity (Wildman–Crippen MR) is 107 cm³/mol. The first-order valence-corrected chi connectivity index (χ1v) is 12.1. The summed E-state index contributed by atoms with van der Waals surface area (Å²) < 4.78 is 40.4. The van der Waals surface area contributed by atoms with Crippen LogP contribution in [0.15, 0.2) is 24.3 Å². The van der Waals surface area contributed by atoms with Crippen LogP contribution >= 0.6 is 11.3 Å². The predicted octanol–water partition coefficient (Wildman–Crippen LogP) is 2.11. The number of nitrogens with one attached hydrogen (secondary N) is 1. The van der Waals surface area contributed by atoms with E-state index < -0.39 is 10.0 Å². The Labute approximate surface area is 168 Å². The van der Waals surface area contributed by atoms with Gasteiger partial charge in [-0.15, -0.1) is 11.3 Å². The summed E-state index contributed by atoms with van der Waals surface area (Å²) in [4.78, 5) is 8.39. The van der Waals surface area contributed by atoms with Crippen LogP contribution in [-0.4, -0.2) is 49.4 Å². The molecule has 0 aliphatic carbocycles. The summed E-state index contributed by atoms with van der Waals surface area (Å²) in [6.07, 6.45) is 3.04. The molecule has 9 heteroatoms. The zero-order valence-corrected chi connectivity index (χ0v) is 17.1. The second-order valence-electron chi connectivity index (χ2n) is 7.78. The molecule has 2 atom stereocenters. The van der Waals surface area contributed by atoms with Gasteiger partial charge in [0.15, 0.2) is 5.13 Å². The lowest BCUT2D eigenvalue weighted by Crippen LogP contribution is -2.51. The lowest BCUT2D eigenvalue weighted by Gasteiger charge is -2.35. The number of fused-ring (bicyclic) bond motifs is 3. The first-order valence-electron chi connectivity index (χ1n) is 9.69. The quantitative estimate of drug-likeness (QED) is 0.818. The number of thiazole rings is 1. The highest BCUT2D eigenvalue weighted by molar-refractivity contribution is 7.88. The highest BCUT2D eigenvalue weighted by atomic mass is 32.2. The highest BCUT2D eigenvalue weighted by Crippen LogP contribution is 2.38. The van der Waals surface area contributed by atoms with Gasteiger partial charge in [-0.05, 0) is 30.5 Å². The Morgan fingerprint density at radius 2 is 1.89 bits per heavy atom. The third-order valence-electron chi connectivity index (χ3n) is 5.94. The summed E-state index contributed by atoms with van der Waals surface area (Å²) in [6, 6.07) is 6.68. The van der Waals surface area contributed by atoms with Gasteiger partial charge >= 0.3 is 0 Å². The minimum absolute atomic E-state index is 0.101. The third kappa shape index (κ3) is 3.34. The molecular formula is C19H23FN4O2S2. The molecule has 6 nitrogen and oxygen atoms in total. The van der Waals surface area contributed by atoms with Crippen LogP contribution in [0.4, 0.5) is 9.52 Å². The molecule has 0 spiro atoms. The Morgan fingerprint density at radius 3 is 2.61 bits per heavy atom. The zero-order chi connectivity index (χ0) is 19.3. The smallest absolute Gasteiger partial charge is 0.218 e. The molecular weight excluding hydrogens is 399 g/mol. The van der Waals surface area contributed by atoms with Crippen molar-refractivity contribution in [2.24, 2.45) is 0 Å². The molecule has 28 heavy (non-hydrogen) atoms. The fraction of sp³-hybridized carbons (Fsp3) is 0.526. The lowest BCUT2D eigenvalue weighted by atomic mass is 10.2. The zero-order valence-electron chi connectivity index (χ0n) is 15.5. The van der Waals surface area contributed by atoms with Crippen LogP contribution in [0.1, 0.15) is 29.0 Å². The molecule has 3 aliphatic rings. The van der Waals surface area contributed by atoms with E-state index in [9.17, 15) is 12.8 Å². The first-order chi connectivity index (χ1) is 13.5. The topological polar surface area (TPSA) is 65.5 Å². The molecule has 3 aliphatic heterocycles. The van der Waals surface area contributed by atoms with E-state index in [0.717, 1.165) is 28.8 Å². The maximum Gasteiger partial charge on any atom is 0.218 e. The molecule has 0 saturated carbocycles. The van der Waals surface area contributed by atoms with Crippen molar-refractivity contribution in [3.63, 3.8) is 0 Å². The fourth-order valence-corrected chi connectivity index (χ4v) is 7.32. The van der Waals surface area contributed by atoms with Crippen molar-refractivity contribution in [2.45, 2.75) is 43.6 Å². The van der Waals surface area contributed by atoms with Crippen LogP contribution in [0.2, 0.25) is 0 Å². The Balaban J connectivity index is 1.34. The minimum Gasteiger partial charge on any atom is -0.340 e. The van der Waals surface area contributed by atoms with Gasteiger partial charge in [0.25, 0.3) is 0 Å². The van der Waals surface area contributed by atoms with Gasteiger partial charge in [0.05, 0.1) is 11.4 Å². The molecule has 0 amide bonds. The number of hydrogen-bond acceptors (Lipinski definition) is 6. The van der Waals surface area contributed by atoms with Crippen molar-refractivity contribution >= 4 is 26.5 Å². The maximum atomic E-state index is 13.1. The van der Waals surface area contributed by atoms with E-state index in [1.54, 1.807) is 15.6 Å². The van der Waals surface area contributed by atoms with Gasteiger partial charge in [-0.2, -0.15) is 4.31 Å². The summed E-state index contributed by atoms with van der Waals surface area (Å²) >= 11 is 1.65. The third-order valence-corrected chi connectivity index (χ3v) is 8.83. The molecule has 2 saturated heterocycles. The molecule has 4 heterocycles. The van der Waals surface area contributed by atoms with E-state index in [-0.39, 0.29) is 11.6 Å². The Morgan fingerprint density at radius 1 is 1.18 bits per heavy atom. The number of anilines is 1. The van der Waals surface area contributed by atoms with E-state index in [1.165, 1.54) is 37.1 Å². The van der Waals surface area contributed by atoms with E-state index in [2.05, 4.69) is 10.2 Å². The van der Waals surface area contributed by atoms with Crippen molar-refractivity contribution in [1.82, 2.24) is 14.6 Å². The first kappa shape index (κ1) is 18.5. The number of piperazine rings is 1. The van der Waals surface area contributed by atoms with Crippen LogP contribution in [0, 0.1) is 5.82 Å². The van der Waals surface area contributed by atoms with Gasteiger partial charge in [0.2, 0.25) is 10.0 Å². The Bertz CT molecular complexity index is 960. The number of nitrogens with zero attached hydrogens (tertiary/aromatic N) is 3. The second-order valence-corrected chi connectivity index (χ2v) is 10.8. The summed E-state index contributed by atoms with van der Waals surface area (Å²) in [6.45, 7) is 2.84. The number of hydrogen-bond donors (Lipinski definition) is 1. The van der Waals surface area contributed by atoms with Crippen LogP contribution in [0.25, 0.3) is 0 Å². The summed E-state index contributed by atoms with van der Waals surface area (Å²) in [5, 5.41) is 4.54. The molecule has 1 aromatic heterocycles. The largest absolute Gasteiger partial charge is 0.340 e. The van der Waals surface area contributed by atoms with Crippen LogP contribution < -0.4 is 10.2 Å². The van der Waals surface area contributed by atoms with Crippen molar-refractivity contribution in [2.75, 3.05) is 24.5 Å². The Kier molecular flexibility index (Phi) is 4.65. The van der Waals surface area contributed by atoms with Crippen molar-refractivity contribution < 1.29 is 12.8 Å². The number of sulfonamides is 1. The number of rotatable bonds is 4. The van der Waals surface area contributed by atoms with Crippen LogP contribution in [-0.2, 0) is 28.7 Å². The van der Waals surface area contributed by atoms with Gasteiger partial charge in [-0.3, -0.25) is 0 Å². The SMILES string of the molecule is O=S(=O)(Cc1ccc(F)cc1)N1CCc2nc(N3C4CCC3CNC4)sc2C1. The van der Waals surface area contributed by atoms with Crippen molar-refractivity contribution in [1.29, 1.82) is 0 Å². The highest BCUT2D eigenvalue weighted by Gasteiger charge is 2.39. The summed E-state index contributed by atoms with van der Waals surface area (Å²) in [5.74, 6) is -0.459. The standard InChI is InChI=1S/C19H23FN4O2S2/c20-14-3-1-13(2-4-14)12-28(25,26)23-8-7-17-18(11-23)27-19(22-17)24-15-5-6-16(24)10-21-9-15/h1-4,15-16,21H,5-12H2. The molecule has 2 unspecified atom stereocenters. The van der Waals surface area contributed by atoms with Gasteiger partial charge in [-0.25, -0.2) is 17.8 Å². The van der Waals surface area contributed by atoms with E-state index in [4.69, 9.17) is 4.98 Å². The molecule has 1 aromatic carbocycles. The maximum absolute atomic E-state index is 13.1. The molecule has 150 valence electrons. The monoisotopic (exact) mass is 422 g/mol. The summed E-state index contributed by atoms with van der Waals surface area (Å²) in [7, 11) is -3.45. The Hall–Kier alpha value is -1.55. The van der Waals surface area contributed by atoms with Gasteiger partial charge in [0.1, 0.15) is 5.82 Å². The molecule has 5 rings (SSSR count). The number of halogens is 1. The summed E-state index contributed by atoms with van der Waals surface area (Å²) in [5.41, 5.74) is 1.65. The normalized spacial score (nSPS) is 25.1. The van der Waals surface area contributed by atoms with Gasteiger partial charge < -0.3 is 10.2 Å². The molecule has 1 N–H and O–H groups in total. The fourth-order valence-electron chi connectivity index (χ4n) is 4.48. The molecule has 2 bridgehead atoms. The van der Waals surface area contributed by atoms with Crippen LogP contribution in [0.3, 0.4) is 0 Å². The van der Waals surface area contributed by atoms with E-state index in [0.29, 0.717) is 37.2 Å². The molecule has 0 radical (unpaired) electrons. The lowest BCUT2D eigenvalue weighted by molar-refractivity contribution is 0.392. The second kappa shape index (κ2) is 7.05. The number of aromatic nitrogens is 1. The van der Waals surface area contributed by atoms with Crippen molar-refractivity contribution in [3.8, 4) is 0 Å². The van der Waals surface area contributed by atoms with Crippen LogP contribution in [0.5, 0.6) is 0 Å².